The number of nitrogens with zero attached hydrogens (tertiary/aromatic N) is 1. The molecule has 0 aromatic carbocycles. The highest BCUT2D eigenvalue weighted by Crippen LogP contribution is 2.45. The number of nitrogens with one attached hydrogen (secondary N) is 1. The molecule has 0 saturated heterocycles. The highest BCUT2D eigenvalue weighted by Gasteiger charge is 2.45. The molecule has 1 unspecified atom stereocenters. The van der Waals surface area contributed by atoms with Crippen LogP contribution in [0, 0.1) is 0 Å². The molecule has 0 spiro atoms. The summed E-state index contributed by atoms with van der Waals surface area (Å²) in [6.45, 7) is 2.36. The van der Waals surface area contributed by atoms with Gasteiger partial charge < -0.3 is 10.1 Å². The van der Waals surface area contributed by atoms with Crippen LogP contribution in [0.15, 0.2) is 18.5 Å². The average molecular weight is 302 g/mol. The van der Waals surface area contributed by atoms with Crippen molar-refractivity contribution in [3.63, 3.8) is 0 Å². The SMILES string of the molecule is CCOC1(C(NC)c2cnccc2C(F)(F)F)CCCC1. The zero-order valence-corrected chi connectivity index (χ0v) is 12.3. The first-order chi connectivity index (χ1) is 9.94. The summed E-state index contributed by atoms with van der Waals surface area (Å²) in [6, 6.07) is 0.527. The lowest BCUT2D eigenvalue weighted by molar-refractivity contribution is -0.139. The van der Waals surface area contributed by atoms with E-state index in [0.717, 1.165) is 31.7 Å². The Morgan fingerprint density at radius 2 is 2.05 bits per heavy atom. The summed E-state index contributed by atoms with van der Waals surface area (Å²) in [4.78, 5) is 3.89. The summed E-state index contributed by atoms with van der Waals surface area (Å²) < 4.78 is 45.6. The van der Waals surface area contributed by atoms with E-state index in [9.17, 15) is 13.2 Å². The smallest absolute Gasteiger partial charge is 0.373 e. The molecule has 6 heteroatoms. The van der Waals surface area contributed by atoms with Gasteiger partial charge in [0.15, 0.2) is 0 Å². The number of halogens is 3. The lowest BCUT2D eigenvalue weighted by Crippen LogP contribution is -2.44. The van der Waals surface area contributed by atoms with E-state index in [2.05, 4.69) is 10.3 Å². The van der Waals surface area contributed by atoms with Gasteiger partial charge in [-0.15, -0.1) is 0 Å². The minimum atomic E-state index is -4.39. The van der Waals surface area contributed by atoms with Crippen molar-refractivity contribution in [3.8, 4) is 0 Å². The highest BCUT2D eigenvalue weighted by atomic mass is 19.4. The Kier molecular flexibility index (Phi) is 4.88. The highest BCUT2D eigenvalue weighted by molar-refractivity contribution is 5.32. The first-order valence-electron chi connectivity index (χ1n) is 7.27. The Labute approximate surface area is 122 Å². The number of pyridine rings is 1. The third-order valence-electron chi connectivity index (χ3n) is 4.16. The third kappa shape index (κ3) is 3.21. The molecule has 0 radical (unpaired) electrons. The molecule has 1 aliphatic carbocycles. The van der Waals surface area contributed by atoms with Gasteiger partial charge in [0.05, 0.1) is 17.2 Å². The molecule has 1 N–H and O–H groups in total. The van der Waals surface area contributed by atoms with Crippen LogP contribution in [-0.2, 0) is 10.9 Å². The molecular weight excluding hydrogens is 281 g/mol. The second kappa shape index (κ2) is 6.32. The maximum Gasteiger partial charge on any atom is 0.416 e. The molecule has 1 fully saturated rings. The van der Waals surface area contributed by atoms with Crippen LogP contribution in [-0.4, -0.2) is 24.2 Å². The summed E-state index contributed by atoms with van der Waals surface area (Å²) in [7, 11) is 1.68. The number of hydrogen-bond donors (Lipinski definition) is 1. The van der Waals surface area contributed by atoms with Crippen LogP contribution in [0.2, 0.25) is 0 Å². The Morgan fingerprint density at radius 3 is 2.57 bits per heavy atom. The second-order valence-electron chi connectivity index (χ2n) is 5.39. The molecule has 1 aliphatic rings. The predicted octanol–water partition coefficient (Wildman–Crippen LogP) is 3.71. The fraction of sp³-hybridized carbons (Fsp3) is 0.667. The zero-order chi connectivity index (χ0) is 15.5. The van der Waals surface area contributed by atoms with Crippen LogP contribution in [0.1, 0.15) is 49.8 Å². The standard InChI is InChI=1S/C15H21F3N2O/c1-3-21-14(7-4-5-8-14)13(19-2)11-10-20-9-6-12(11)15(16,17)18/h6,9-10,13,19H,3-5,7-8H2,1-2H3. The lowest BCUT2D eigenvalue weighted by Gasteiger charge is -2.38. The van der Waals surface area contributed by atoms with E-state index in [1.165, 1.54) is 12.4 Å². The fourth-order valence-corrected chi connectivity index (χ4v) is 3.37. The van der Waals surface area contributed by atoms with E-state index in [4.69, 9.17) is 4.74 Å². The molecule has 0 bridgehead atoms. The Hall–Kier alpha value is -1.14. The molecule has 1 atom stereocenters. The summed E-state index contributed by atoms with van der Waals surface area (Å²) in [5, 5.41) is 3.03. The summed E-state index contributed by atoms with van der Waals surface area (Å²) >= 11 is 0. The van der Waals surface area contributed by atoms with Gasteiger partial charge in [-0.25, -0.2) is 0 Å². The molecule has 2 rings (SSSR count). The van der Waals surface area contributed by atoms with Gasteiger partial charge in [-0.2, -0.15) is 13.2 Å². The maximum atomic E-state index is 13.2. The third-order valence-corrected chi connectivity index (χ3v) is 4.16. The van der Waals surface area contributed by atoms with Gasteiger partial charge in [0.25, 0.3) is 0 Å². The lowest BCUT2D eigenvalue weighted by atomic mass is 9.85. The van der Waals surface area contributed by atoms with E-state index in [1.807, 2.05) is 6.92 Å². The molecule has 1 saturated carbocycles. The van der Waals surface area contributed by atoms with E-state index in [-0.39, 0.29) is 5.56 Å². The van der Waals surface area contributed by atoms with Crippen molar-refractivity contribution in [2.75, 3.05) is 13.7 Å². The molecular formula is C15H21F3N2O. The van der Waals surface area contributed by atoms with Crippen molar-refractivity contribution in [1.29, 1.82) is 0 Å². The number of alkyl halides is 3. The van der Waals surface area contributed by atoms with Gasteiger partial charge >= 0.3 is 6.18 Å². The van der Waals surface area contributed by atoms with Crippen LogP contribution < -0.4 is 5.32 Å². The zero-order valence-electron chi connectivity index (χ0n) is 12.3. The maximum absolute atomic E-state index is 13.2. The normalized spacial score (nSPS) is 19.7. The van der Waals surface area contributed by atoms with E-state index >= 15 is 0 Å². The minimum absolute atomic E-state index is 0.169. The van der Waals surface area contributed by atoms with Crippen LogP contribution in [0.4, 0.5) is 13.2 Å². The van der Waals surface area contributed by atoms with E-state index < -0.39 is 23.4 Å². The van der Waals surface area contributed by atoms with E-state index in [0.29, 0.717) is 6.61 Å². The number of rotatable bonds is 5. The summed E-state index contributed by atoms with van der Waals surface area (Å²) in [5.74, 6) is 0. The number of hydrogen-bond acceptors (Lipinski definition) is 3. The molecule has 118 valence electrons. The van der Waals surface area contributed by atoms with Crippen molar-refractivity contribution in [2.45, 2.75) is 50.4 Å². The molecule has 0 amide bonds. The molecule has 21 heavy (non-hydrogen) atoms. The van der Waals surface area contributed by atoms with E-state index in [1.54, 1.807) is 7.05 Å². The topological polar surface area (TPSA) is 34.1 Å². The van der Waals surface area contributed by atoms with Crippen LogP contribution in [0.25, 0.3) is 0 Å². The molecule has 1 aromatic rings. The molecule has 3 nitrogen and oxygen atoms in total. The molecule has 1 heterocycles. The quantitative estimate of drug-likeness (QED) is 0.900. The first kappa shape index (κ1) is 16.2. The van der Waals surface area contributed by atoms with Crippen LogP contribution in [0.5, 0.6) is 0 Å². The monoisotopic (exact) mass is 302 g/mol. The van der Waals surface area contributed by atoms with Gasteiger partial charge in [0, 0.05) is 24.6 Å². The van der Waals surface area contributed by atoms with Crippen molar-refractivity contribution >= 4 is 0 Å². The summed E-state index contributed by atoms with van der Waals surface area (Å²) in [5.41, 5.74) is -1.04. The Balaban J connectivity index is 2.46. The van der Waals surface area contributed by atoms with Crippen molar-refractivity contribution in [1.82, 2.24) is 10.3 Å². The summed E-state index contributed by atoms with van der Waals surface area (Å²) in [6.07, 6.45) is 1.57. The Morgan fingerprint density at radius 1 is 1.38 bits per heavy atom. The average Bonchev–Trinajstić information content (AvgIpc) is 2.89. The van der Waals surface area contributed by atoms with Gasteiger partial charge in [-0.1, -0.05) is 12.8 Å². The number of aromatic nitrogens is 1. The Bertz CT molecular complexity index is 470. The molecule has 0 aliphatic heterocycles. The first-order valence-corrected chi connectivity index (χ1v) is 7.27. The largest absolute Gasteiger partial charge is 0.416 e. The van der Waals surface area contributed by atoms with Gasteiger partial charge in [0.2, 0.25) is 0 Å². The van der Waals surface area contributed by atoms with Gasteiger partial charge in [0.1, 0.15) is 0 Å². The minimum Gasteiger partial charge on any atom is -0.373 e. The number of likely N-dealkylation sites (N-methyl/N-ethyl adjacent to an activating group) is 1. The van der Waals surface area contributed by atoms with Crippen molar-refractivity contribution in [3.05, 3.63) is 29.6 Å². The van der Waals surface area contributed by atoms with Crippen molar-refractivity contribution < 1.29 is 17.9 Å². The van der Waals surface area contributed by atoms with Crippen molar-refractivity contribution in [2.24, 2.45) is 0 Å². The van der Waals surface area contributed by atoms with Crippen LogP contribution in [0.3, 0.4) is 0 Å². The van der Waals surface area contributed by atoms with Crippen LogP contribution >= 0.6 is 0 Å². The predicted molar refractivity (Wildman–Crippen MR) is 73.9 cm³/mol. The van der Waals surface area contributed by atoms with Gasteiger partial charge in [-0.05, 0) is 32.9 Å². The van der Waals surface area contributed by atoms with Gasteiger partial charge in [-0.3, -0.25) is 4.98 Å². The fourth-order valence-electron chi connectivity index (χ4n) is 3.37. The number of ether oxygens (including phenoxy) is 1. The molecule has 1 aromatic heterocycles. The second-order valence-corrected chi connectivity index (χ2v) is 5.39.